The summed E-state index contributed by atoms with van der Waals surface area (Å²) in [6.07, 6.45) is 7.73. The van der Waals surface area contributed by atoms with E-state index in [4.69, 9.17) is 0 Å². The summed E-state index contributed by atoms with van der Waals surface area (Å²) in [7, 11) is 0. The topological polar surface area (TPSA) is 37.3 Å². The number of rotatable bonds is 0. The molecule has 16 heavy (non-hydrogen) atoms. The lowest BCUT2D eigenvalue weighted by Crippen LogP contribution is -2.41. The van der Waals surface area contributed by atoms with Crippen LogP contribution in [0.25, 0.3) is 0 Å². The van der Waals surface area contributed by atoms with Gasteiger partial charge in [-0.05, 0) is 55.4 Å². The standard InChI is InChI=1S/C14H20O2/c1-14-7-6-9-8-10(15)2-3-11(9)12(14)4-5-13(14)16/h8,11-13,16H,2-7H2,1H3. The fraction of sp³-hybridized carbons (Fsp3) is 0.786. The third kappa shape index (κ3) is 1.32. The highest BCUT2D eigenvalue weighted by atomic mass is 16.3. The summed E-state index contributed by atoms with van der Waals surface area (Å²) in [5, 5.41) is 10.1. The second-order valence-electron chi connectivity index (χ2n) is 6.04. The molecule has 0 amide bonds. The summed E-state index contributed by atoms with van der Waals surface area (Å²) >= 11 is 0. The molecule has 4 atom stereocenters. The molecule has 0 aromatic rings. The van der Waals surface area contributed by atoms with E-state index < -0.39 is 0 Å². The van der Waals surface area contributed by atoms with Crippen LogP contribution in [-0.2, 0) is 4.79 Å². The Hall–Kier alpha value is -0.630. The van der Waals surface area contributed by atoms with Crippen LogP contribution in [0.15, 0.2) is 11.6 Å². The molecule has 0 aliphatic heterocycles. The molecule has 0 radical (unpaired) electrons. The molecule has 1 N–H and O–H groups in total. The monoisotopic (exact) mass is 220 g/mol. The lowest BCUT2D eigenvalue weighted by atomic mass is 9.59. The molecule has 0 aromatic carbocycles. The first-order valence-corrected chi connectivity index (χ1v) is 6.52. The molecule has 3 aliphatic carbocycles. The largest absolute Gasteiger partial charge is 0.393 e. The van der Waals surface area contributed by atoms with Crippen molar-refractivity contribution >= 4 is 5.78 Å². The van der Waals surface area contributed by atoms with Gasteiger partial charge in [0.2, 0.25) is 0 Å². The zero-order chi connectivity index (χ0) is 11.3. The molecule has 4 unspecified atom stereocenters. The van der Waals surface area contributed by atoms with E-state index in [1.54, 1.807) is 0 Å². The normalized spacial score (nSPS) is 47.2. The van der Waals surface area contributed by atoms with Gasteiger partial charge in [0.15, 0.2) is 5.78 Å². The number of aliphatic hydroxyl groups is 1. The molecule has 2 fully saturated rings. The maximum Gasteiger partial charge on any atom is 0.155 e. The Kier molecular flexibility index (Phi) is 2.25. The second-order valence-corrected chi connectivity index (χ2v) is 6.04. The maximum absolute atomic E-state index is 11.4. The fourth-order valence-electron chi connectivity index (χ4n) is 4.26. The van der Waals surface area contributed by atoms with E-state index in [2.05, 4.69) is 6.92 Å². The predicted molar refractivity (Wildman–Crippen MR) is 61.9 cm³/mol. The van der Waals surface area contributed by atoms with Gasteiger partial charge in [0.05, 0.1) is 6.10 Å². The minimum absolute atomic E-state index is 0.114. The second kappa shape index (κ2) is 3.43. The summed E-state index contributed by atoms with van der Waals surface area (Å²) in [5.74, 6) is 1.53. The summed E-state index contributed by atoms with van der Waals surface area (Å²) in [5.41, 5.74) is 1.51. The molecule has 0 saturated heterocycles. The van der Waals surface area contributed by atoms with E-state index in [9.17, 15) is 9.90 Å². The van der Waals surface area contributed by atoms with E-state index in [0.717, 1.165) is 38.5 Å². The van der Waals surface area contributed by atoms with Gasteiger partial charge < -0.3 is 5.11 Å². The third-order valence-corrected chi connectivity index (χ3v) is 5.32. The number of carbonyl (C=O) groups is 1. The SMILES string of the molecule is CC12CCC3=CC(=O)CCC3C1CCC2O. The molecule has 0 heterocycles. The van der Waals surface area contributed by atoms with E-state index >= 15 is 0 Å². The van der Waals surface area contributed by atoms with Crippen LogP contribution in [0.5, 0.6) is 0 Å². The van der Waals surface area contributed by atoms with E-state index in [1.165, 1.54) is 5.57 Å². The number of aliphatic hydroxyl groups excluding tert-OH is 1. The predicted octanol–water partition coefficient (Wildman–Crippen LogP) is 2.46. The van der Waals surface area contributed by atoms with Crippen molar-refractivity contribution in [3.05, 3.63) is 11.6 Å². The fourth-order valence-corrected chi connectivity index (χ4v) is 4.26. The van der Waals surface area contributed by atoms with Crippen LogP contribution < -0.4 is 0 Å². The Balaban J connectivity index is 1.93. The lowest BCUT2D eigenvalue weighted by molar-refractivity contribution is -0.115. The highest BCUT2D eigenvalue weighted by Crippen LogP contribution is 2.57. The molecule has 2 nitrogen and oxygen atoms in total. The molecule has 2 saturated carbocycles. The Labute approximate surface area is 96.7 Å². The summed E-state index contributed by atoms with van der Waals surface area (Å²) < 4.78 is 0. The van der Waals surface area contributed by atoms with Crippen molar-refractivity contribution in [2.24, 2.45) is 17.3 Å². The Bertz CT molecular complexity index is 358. The molecular formula is C14H20O2. The first-order valence-electron chi connectivity index (χ1n) is 6.52. The van der Waals surface area contributed by atoms with Crippen molar-refractivity contribution in [2.75, 3.05) is 0 Å². The Morgan fingerprint density at radius 2 is 2.12 bits per heavy atom. The van der Waals surface area contributed by atoms with Crippen LogP contribution in [0.1, 0.15) is 45.4 Å². The highest BCUT2D eigenvalue weighted by molar-refractivity contribution is 5.91. The van der Waals surface area contributed by atoms with Crippen molar-refractivity contribution in [1.29, 1.82) is 0 Å². The third-order valence-electron chi connectivity index (χ3n) is 5.32. The van der Waals surface area contributed by atoms with Gasteiger partial charge >= 0.3 is 0 Å². The van der Waals surface area contributed by atoms with Gasteiger partial charge in [-0.1, -0.05) is 12.5 Å². The summed E-state index contributed by atoms with van der Waals surface area (Å²) in [6.45, 7) is 2.25. The zero-order valence-electron chi connectivity index (χ0n) is 9.91. The van der Waals surface area contributed by atoms with E-state index in [-0.39, 0.29) is 11.5 Å². The molecule has 0 bridgehead atoms. The van der Waals surface area contributed by atoms with Crippen LogP contribution in [0.2, 0.25) is 0 Å². The van der Waals surface area contributed by atoms with Crippen LogP contribution in [-0.4, -0.2) is 17.0 Å². The van der Waals surface area contributed by atoms with E-state index in [0.29, 0.717) is 17.6 Å². The minimum Gasteiger partial charge on any atom is -0.393 e. The van der Waals surface area contributed by atoms with Gasteiger partial charge in [-0.15, -0.1) is 0 Å². The van der Waals surface area contributed by atoms with Crippen LogP contribution in [0.3, 0.4) is 0 Å². The molecule has 2 heteroatoms. The Morgan fingerprint density at radius 1 is 1.31 bits per heavy atom. The van der Waals surface area contributed by atoms with Gasteiger partial charge in [0.1, 0.15) is 0 Å². The van der Waals surface area contributed by atoms with Gasteiger partial charge in [-0.3, -0.25) is 4.79 Å². The Morgan fingerprint density at radius 3 is 2.94 bits per heavy atom. The minimum atomic E-state index is -0.114. The summed E-state index contributed by atoms with van der Waals surface area (Å²) in [4.78, 5) is 11.4. The van der Waals surface area contributed by atoms with Gasteiger partial charge in [-0.2, -0.15) is 0 Å². The number of carbonyl (C=O) groups excluding carboxylic acids is 1. The smallest absolute Gasteiger partial charge is 0.155 e. The molecule has 3 aliphatic rings. The van der Waals surface area contributed by atoms with E-state index in [1.807, 2.05) is 6.08 Å². The van der Waals surface area contributed by atoms with Crippen LogP contribution in [0, 0.1) is 17.3 Å². The first-order chi connectivity index (χ1) is 7.61. The number of hydrogen-bond donors (Lipinski definition) is 1. The van der Waals surface area contributed by atoms with Gasteiger partial charge in [-0.25, -0.2) is 0 Å². The average Bonchev–Trinajstić information content (AvgIpc) is 2.56. The summed E-state index contributed by atoms with van der Waals surface area (Å²) in [6, 6.07) is 0. The quantitative estimate of drug-likeness (QED) is 0.681. The van der Waals surface area contributed by atoms with Crippen LogP contribution >= 0.6 is 0 Å². The number of hydrogen-bond acceptors (Lipinski definition) is 2. The molecule has 0 spiro atoms. The van der Waals surface area contributed by atoms with Crippen molar-refractivity contribution in [3.8, 4) is 0 Å². The molecule has 88 valence electrons. The van der Waals surface area contributed by atoms with Crippen LogP contribution in [0.4, 0.5) is 0 Å². The number of fused-ring (bicyclic) bond motifs is 3. The number of ketones is 1. The van der Waals surface area contributed by atoms with Gasteiger partial charge in [0, 0.05) is 6.42 Å². The lowest BCUT2D eigenvalue weighted by Gasteiger charge is -2.46. The molecule has 0 aromatic heterocycles. The van der Waals surface area contributed by atoms with Crippen molar-refractivity contribution < 1.29 is 9.90 Å². The van der Waals surface area contributed by atoms with Crippen molar-refractivity contribution in [3.63, 3.8) is 0 Å². The number of allylic oxidation sites excluding steroid dienone is 2. The molecular weight excluding hydrogens is 200 g/mol. The highest BCUT2D eigenvalue weighted by Gasteiger charge is 2.52. The van der Waals surface area contributed by atoms with Crippen molar-refractivity contribution in [2.45, 2.75) is 51.6 Å². The maximum atomic E-state index is 11.4. The average molecular weight is 220 g/mol. The first kappa shape index (κ1) is 10.5. The zero-order valence-corrected chi connectivity index (χ0v) is 9.91. The van der Waals surface area contributed by atoms with Gasteiger partial charge in [0.25, 0.3) is 0 Å². The van der Waals surface area contributed by atoms with Crippen molar-refractivity contribution in [1.82, 2.24) is 0 Å². The molecule has 3 rings (SSSR count).